The lowest BCUT2D eigenvalue weighted by Crippen LogP contribution is -2.45. The molecule has 1 N–H and O–H groups in total. The second-order valence-electron chi connectivity index (χ2n) is 6.72. The van der Waals surface area contributed by atoms with Crippen LogP contribution in [0.3, 0.4) is 0 Å². The van der Waals surface area contributed by atoms with Crippen molar-refractivity contribution in [2.75, 3.05) is 0 Å². The van der Waals surface area contributed by atoms with Crippen molar-refractivity contribution in [2.45, 2.75) is 50.4 Å². The summed E-state index contributed by atoms with van der Waals surface area (Å²) in [4.78, 5) is 12.5. The van der Waals surface area contributed by atoms with Crippen LogP contribution in [0, 0.1) is 0 Å². The van der Waals surface area contributed by atoms with E-state index >= 15 is 0 Å². The van der Waals surface area contributed by atoms with Crippen molar-refractivity contribution in [1.29, 1.82) is 0 Å². The van der Waals surface area contributed by atoms with Crippen molar-refractivity contribution < 1.29 is 9.53 Å². The molecular formula is C19H21N3O2. The number of carbonyl (C=O) groups excluding carboxylic acids is 1. The minimum atomic E-state index is -0.540. The highest BCUT2D eigenvalue weighted by Crippen LogP contribution is 2.42. The second kappa shape index (κ2) is 5.89. The van der Waals surface area contributed by atoms with Gasteiger partial charge in [0.15, 0.2) is 11.8 Å². The molecule has 24 heavy (non-hydrogen) atoms. The number of nitrogens with zero attached hydrogens (tertiary/aromatic N) is 2. The van der Waals surface area contributed by atoms with Crippen LogP contribution in [0.2, 0.25) is 0 Å². The summed E-state index contributed by atoms with van der Waals surface area (Å²) in [5, 5.41) is 13.5. The Kier molecular flexibility index (Phi) is 3.71. The Balaban J connectivity index is 1.41. The van der Waals surface area contributed by atoms with E-state index in [1.54, 1.807) is 6.92 Å². The smallest absolute Gasteiger partial charge is 0.260 e. The molecule has 0 radical (unpaired) electrons. The Morgan fingerprint density at radius 1 is 1.25 bits per heavy atom. The van der Waals surface area contributed by atoms with Crippen molar-refractivity contribution in [3.63, 3.8) is 0 Å². The van der Waals surface area contributed by atoms with Crippen LogP contribution in [0.15, 0.2) is 52.7 Å². The number of hydrogen-bond donors (Lipinski definition) is 1. The third-order valence-corrected chi connectivity index (χ3v) is 4.85. The molecule has 2 unspecified atom stereocenters. The van der Waals surface area contributed by atoms with Gasteiger partial charge in [-0.3, -0.25) is 4.79 Å². The summed E-state index contributed by atoms with van der Waals surface area (Å²) >= 11 is 0. The van der Waals surface area contributed by atoms with Gasteiger partial charge in [0.25, 0.3) is 5.91 Å². The molecule has 0 bridgehead atoms. The first-order valence-electron chi connectivity index (χ1n) is 8.54. The summed E-state index contributed by atoms with van der Waals surface area (Å²) in [7, 11) is 0. The van der Waals surface area contributed by atoms with E-state index in [0.29, 0.717) is 0 Å². The number of rotatable bonds is 4. The summed E-state index contributed by atoms with van der Waals surface area (Å²) in [5.74, 6) is 0.661. The van der Waals surface area contributed by atoms with Crippen molar-refractivity contribution in [1.82, 2.24) is 5.32 Å². The lowest BCUT2D eigenvalue weighted by Gasteiger charge is -2.27. The number of nitrogens with one attached hydrogen (secondary N) is 1. The predicted octanol–water partition coefficient (Wildman–Crippen LogP) is 3.83. The molecule has 5 nitrogen and oxygen atoms in total. The highest BCUT2D eigenvalue weighted by atomic mass is 16.5. The fourth-order valence-corrected chi connectivity index (χ4v) is 3.47. The molecular weight excluding hydrogens is 302 g/mol. The molecule has 1 aliphatic carbocycles. The molecule has 1 amide bonds. The standard InChI is InChI=1S/C19H21N3O2/c1-13(18(23)20-15-8-5-11-19(12-15)21-22-19)24-17-10-4-7-14-6-2-3-9-16(14)17/h2-4,6-7,9-10,13,15H,5,8,11-12H2,1H3,(H,20,23). The fourth-order valence-electron chi connectivity index (χ4n) is 3.47. The molecule has 1 saturated carbocycles. The largest absolute Gasteiger partial charge is 0.480 e. The SMILES string of the molecule is CC(Oc1cccc2ccccc12)C(=O)NC1CCCC2(C1)N=N2. The number of ether oxygens (including phenoxy) is 1. The number of fused-ring (bicyclic) bond motifs is 1. The Morgan fingerprint density at radius 2 is 2.04 bits per heavy atom. The van der Waals surface area contributed by atoms with Gasteiger partial charge in [0.05, 0.1) is 0 Å². The molecule has 1 fully saturated rings. The first kappa shape index (κ1) is 15.1. The minimum Gasteiger partial charge on any atom is -0.480 e. The van der Waals surface area contributed by atoms with E-state index in [2.05, 4.69) is 15.5 Å². The summed E-state index contributed by atoms with van der Waals surface area (Å²) < 4.78 is 5.94. The van der Waals surface area contributed by atoms with Crippen molar-refractivity contribution in [3.05, 3.63) is 42.5 Å². The Labute approximate surface area is 141 Å². The molecule has 0 saturated heterocycles. The predicted molar refractivity (Wildman–Crippen MR) is 92.0 cm³/mol. The zero-order chi connectivity index (χ0) is 16.6. The van der Waals surface area contributed by atoms with E-state index in [-0.39, 0.29) is 17.6 Å². The van der Waals surface area contributed by atoms with Crippen LogP contribution >= 0.6 is 0 Å². The van der Waals surface area contributed by atoms with Crippen LogP contribution in [0.25, 0.3) is 10.8 Å². The highest BCUT2D eigenvalue weighted by Gasteiger charge is 2.44. The summed E-state index contributed by atoms with van der Waals surface area (Å²) in [6, 6.07) is 14.1. The van der Waals surface area contributed by atoms with E-state index in [1.165, 1.54) is 0 Å². The van der Waals surface area contributed by atoms with Crippen molar-refractivity contribution in [3.8, 4) is 5.75 Å². The van der Waals surface area contributed by atoms with Crippen LogP contribution < -0.4 is 10.1 Å². The van der Waals surface area contributed by atoms with Gasteiger partial charge in [0, 0.05) is 17.8 Å². The zero-order valence-corrected chi connectivity index (χ0v) is 13.7. The first-order valence-corrected chi connectivity index (χ1v) is 8.54. The fraction of sp³-hybridized carbons (Fsp3) is 0.421. The average molecular weight is 323 g/mol. The number of amides is 1. The second-order valence-corrected chi connectivity index (χ2v) is 6.72. The molecule has 1 heterocycles. The minimum absolute atomic E-state index is 0.0781. The maximum absolute atomic E-state index is 12.5. The Morgan fingerprint density at radius 3 is 2.88 bits per heavy atom. The number of benzene rings is 2. The zero-order valence-electron chi connectivity index (χ0n) is 13.7. The van der Waals surface area contributed by atoms with Gasteiger partial charge in [-0.2, -0.15) is 10.2 Å². The highest BCUT2D eigenvalue weighted by molar-refractivity contribution is 5.89. The molecule has 2 aromatic carbocycles. The van der Waals surface area contributed by atoms with E-state index in [0.717, 1.165) is 42.2 Å². The van der Waals surface area contributed by atoms with E-state index in [9.17, 15) is 4.79 Å². The number of carbonyl (C=O) groups is 1. The molecule has 124 valence electrons. The maximum atomic E-state index is 12.5. The van der Waals surface area contributed by atoms with Crippen LogP contribution in [-0.2, 0) is 4.79 Å². The normalized spacial score (nSPS) is 22.3. The third-order valence-electron chi connectivity index (χ3n) is 4.85. The molecule has 2 aliphatic rings. The Hall–Kier alpha value is -2.43. The first-order chi connectivity index (χ1) is 11.7. The van der Waals surface area contributed by atoms with Gasteiger partial charge in [0.1, 0.15) is 5.75 Å². The number of hydrogen-bond acceptors (Lipinski definition) is 4. The quantitative estimate of drug-likeness (QED) is 0.929. The van der Waals surface area contributed by atoms with E-state index in [1.807, 2.05) is 42.5 Å². The summed E-state index contributed by atoms with van der Waals surface area (Å²) in [6.07, 6.45) is 3.33. The van der Waals surface area contributed by atoms with Crippen LogP contribution in [-0.4, -0.2) is 23.7 Å². The van der Waals surface area contributed by atoms with E-state index < -0.39 is 6.10 Å². The topological polar surface area (TPSA) is 63.0 Å². The molecule has 4 rings (SSSR count). The molecule has 2 aromatic rings. The Bertz CT molecular complexity index is 791. The van der Waals surface area contributed by atoms with Crippen LogP contribution in [0.1, 0.15) is 32.6 Å². The van der Waals surface area contributed by atoms with Gasteiger partial charge in [-0.25, -0.2) is 0 Å². The van der Waals surface area contributed by atoms with Gasteiger partial charge in [-0.15, -0.1) is 0 Å². The summed E-state index contributed by atoms with van der Waals surface area (Å²) in [6.45, 7) is 1.79. The third kappa shape index (κ3) is 2.98. The van der Waals surface area contributed by atoms with E-state index in [4.69, 9.17) is 4.74 Å². The molecule has 2 atom stereocenters. The lowest BCUT2D eigenvalue weighted by molar-refractivity contribution is -0.128. The van der Waals surface area contributed by atoms with Crippen LogP contribution in [0.5, 0.6) is 5.75 Å². The lowest BCUT2D eigenvalue weighted by atomic mass is 9.88. The van der Waals surface area contributed by atoms with Gasteiger partial charge in [-0.1, -0.05) is 36.4 Å². The average Bonchev–Trinajstić information content (AvgIpc) is 3.33. The van der Waals surface area contributed by atoms with Gasteiger partial charge < -0.3 is 10.1 Å². The summed E-state index contributed by atoms with van der Waals surface area (Å²) in [5.41, 5.74) is -0.185. The van der Waals surface area contributed by atoms with Gasteiger partial charge in [0.2, 0.25) is 0 Å². The molecule has 5 heteroatoms. The van der Waals surface area contributed by atoms with Gasteiger partial charge >= 0.3 is 0 Å². The molecule has 1 aliphatic heterocycles. The van der Waals surface area contributed by atoms with Crippen LogP contribution in [0.4, 0.5) is 0 Å². The maximum Gasteiger partial charge on any atom is 0.260 e. The monoisotopic (exact) mass is 323 g/mol. The van der Waals surface area contributed by atoms with Crippen molar-refractivity contribution in [2.24, 2.45) is 10.2 Å². The van der Waals surface area contributed by atoms with Crippen molar-refractivity contribution >= 4 is 16.7 Å². The molecule has 0 aromatic heterocycles. The van der Waals surface area contributed by atoms with Gasteiger partial charge in [-0.05, 0) is 37.6 Å². The molecule has 1 spiro atoms.